The van der Waals surface area contributed by atoms with E-state index in [1.165, 1.54) is 6.07 Å². The van der Waals surface area contributed by atoms with Gasteiger partial charge >= 0.3 is 0 Å². The van der Waals surface area contributed by atoms with Crippen molar-refractivity contribution in [2.75, 3.05) is 11.1 Å². The van der Waals surface area contributed by atoms with Crippen molar-refractivity contribution in [1.82, 2.24) is 15.0 Å². The second-order valence-electron chi connectivity index (χ2n) is 5.24. The molecule has 0 fully saturated rings. The molecule has 2 aromatic carbocycles. The largest absolute Gasteiger partial charge is 0.483 e. The van der Waals surface area contributed by atoms with E-state index in [1.807, 2.05) is 31.2 Å². The Hall–Kier alpha value is -3.29. The molecule has 0 atom stereocenters. The SMILES string of the molecule is Cc1ccccc1Nc1nc(N)nc(COc2ccc(F)cc2F)n1. The Bertz CT molecular complexity index is 904. The van der Waals surface area contributed by atoms with Crippen LogP contribution in [0.5, 0.6) is 5.75 Å². The predicted octanol–water partition coefficient (Wildman–Crippen LogP) is 3.36. The number of aromatic nitrogens is 3. The zero-order valence-corrected chi connectivity index (χ0v) is 13.3. The minimum Gasteiger partial charge on any atom is -0.483 e. The fourth-order valence-electron chi connectivity index (χ4n) is 2.13. The van der Waals surface area contributed by atoms with Crippen molar-refractivity contribution in [3.63, 3.8) is 0 Å². The lowest BCUT2D eigenvalue weighted by Crippen LogP contribution is -2.10. The zero-order chi connectivity index (χ0) is 17.8. The van der Waals surface area contributed by atoms with Crippen molar-refractivity contribution >= 4 is 17.6 Å². The second-order valence-corrected chi connectivity index (χ2v) is 5.24. The first kappa shape index (κ1) is 16.6. The first-order valence-corrected chi connectivity index (χ1v) is 7.42. The number of aryl methyl sites for hydroxylation is 1. The van der Waals surface area contributed by atoms with E-state index in [0.717, 1.165) is 23.4 Å². The highest BCUT2D eigenvalue weighted by Gasteiger charge is 2.09. The number of rotatable bonds is 5. The number of hydrogen-bond donors (Lipinski definition) is 2. The first-order chi connectivity index (χ1) is 12.0. The molecule has 0 spiro atoms. The summed E-state index contributed by atoms with van der Waals surface area (Å²) in [5, 5.41) is 3.05. The van der Waals surface area contributed by atoms with Crippen molar-refractivity contribution in [1.29, 1.82) is 0 Å². The molecule has 0 radical (unpaired) electrons. The maximum Gasteiger partial charge on any atom is 0.232 e. The van der Waals surface area contributed by atoms with E-state index in [4.69, 9.17) is 10.5 Å². The lowest BCUT2D eigenvalue weighted by molar-refractivity contribution is 0.280. The number of nitrogens with two attached hydrogens (primary N) is 1. The van der Waals surface area contributed by atoms with Crippen molar-refractivity contribution < 1.29 is 13.5 Å². The number of hydrogen-bond acceptors (Lipinski definition) is 6. The molecular formula is C17H15F2N5O. The Morgan fingerprint density at radius 1 is 1.08 bits per heavy atom. The molecule has 3 aromatic rings. The number of nitrogens with one attached hydrogen (secondary N) is 1. The van der Waals surface area contributed by atoms with Crippen LogP contribution in [0.3, 0.4) is 0 Å². The number of halogens is 2. The number of nitrogen functional groups attached to an aromatic ring is 1. The highest BCUT2D eigenvalue weighted by molar-refractivity contribution is 5.58. The van der Waals surface area contributed by atoms with Gasteiger partial charge in [0.25, 0.3) is 0 Å². The molecule has 25 heavy (non-hydrogen) atoms. The summed E-state index contributed by atoms with van der Waals surface area (Å²) in [4.78, 5) is 12.2. The summed E-state index contributed by atoms with van der Waals surface area (Å²) < 4.78 is 31.8. The molecular weight excluding hydrogens is 328 g/mol. The van der Waals surface area contributed by atoms with Gasteiger partial charge in [0.2, 0.25) is 11.9 Å². The average Bonchev–Trinajstić information content (AvgIpc) is 2.56. The van der Waals surface area contributed by atoms with Crippen LogP contribution in [0.1, 0.15) is 11.4 Å². The van der Waals surface area contributed by atoms with E-state index in [-0.39, 0.29) is 30.1 Å². The summed E-state index contributed by atoms with van der Waals surface area (Å²) in [5.41, 5.74) is 7.52. The van der Waals surface area contributed by atoms with Gasteiger partial charge in [-0.2, -0.15) is 15.0 Å². The molecule has 0 bridgehead atoms. The highest BCUT2D eigenvalue weighted by atomic mass is 19.1. The maximum absolute atomic E-state index is 13.6. The average molecular weight is 343 g/mol. The van der Waals surface area contributed by atoms with E-state index in [2.05, 4.69) is 20.3 Å². The topological polar surface area (TPSA) is 86.0 Å². The Balaban J connectivity index is 1.76. The van der Waals surface area contributed by atoms with Crippen molar-refractivity contribution in [2.45, 2.75) is 13.5 Å². The molecule has 0 saturated carbocycles. The summed E-state index contributed by atoms with van der Waals surface area (Å²) in [5.74, 6) is -1.12. The zero-order valence-electron chi connectivity index (χ0n) is 13.3. The summed E-state index contributed by atoms with van der Waals surface area (Å²) in [6.07, 6.45) is 0. The van der Waals surface area contributed by atoms with Crippen LogP contribution in [0.4, 0.5) is 26.4 Å². The summed E-state index contributed by atoms with van der Waals surface area (Å²) in [7, 11) is 0. The van der Waals surface area contributed by atoms with Gasteiger partial charge in [-0.1, -0.05) is 18.2 Å². The van der Waals surface area contributed by atoms with Gasteiger partial charge in [0.15, 0.2) is 17.4 Å². The summed E-state index contributed by atoms with van der Waals surface area (Å²) >= 11 is 0. The Morgan fingerprint density at radius 3 is 2.64 bits per heavy atom. The molecule has 3 N–H and O–H groups in total. The quantitative estimate of drug-likeness (QED) is 0.739. The third-order valence-corrected chi connectivity index (χ3v) is 3.34. The van der Waals surface area contributed by atoms with E-state index in [0.29, 0.717) is 0 Å². The van der Waals surface area contributed by atoms with E-state index in [1.54, 1.807) is 0 Å². The van der Waals surface area contributed by atoms with Crippen LogP contribution < -0.4 is 15.8 Å². The van der Waals surface area contributed by atoms with Crippen LogP contribution in [-0.2, 0) is 6.61 Å². The molecule has 0 aliphatic carbocycles. The fourth-order valence-corrected chi connectivity index (χ4v) is 2.13. The number of anilines is 3. The lowest BCUT2D eigenvalue weighted by atomic mass is 10.2. The molecule has 0 unspecified atom stereocenters. The Kier molecular flexibility index (Phi) is 4.69. The normalized spacial score (nSPS) is 10.5. The molecule has 0 amide bonds. The number of nitrogens with zero attached hydrogens (tertiary/aromatic N) is 3. The molecule has 3 rings (SSSR count). The fraction of sp³-hybridized carbons (Fsp3) is 0.118. The van der Waals surface area contributed by atoms with Gasteiger partial charge in [0.1, 0.15) is 12.4 Å². The molecule has 1 aromatic heterocycles. The van der Waals surface area contributed by atoms with Gasteiger partial charge < -0.3 is 15.8 Å². The third kappa shape index (κ3) is 4.17. The van der Waals surface area contributed by atoms with Gasteiger partial charge in [0.05, 0.1) is 0 Å². The number of ether oxygens (including phenoxy) is 1. The number of benzene rings is 2. The standard InChI is InChI=1S/C17H15F2N5O/c1-10-4-2-3-5-13(10)21-17-23-15(22-16(20)24-17)9-25-14-7-6-11(18)8-12(14)19/h2-8H,9H2,1H3,(H3,20,21,22,23,24). The van der Waals surface area contributed by atoms with Crippen LogP contribution >= 0.6 is 0 Å². The minimum atomic E-state index is -0.805. The lowest BCUT2D eigenvalue weighted by Gasteiger charge is -2.10. The molecule has 8 heteroatoms. The molecule has 0 aliphatic rings. The van der Waals surface area contributed by atoms with Gasteiger partial charge in [-0.3, -0.25) is 0 Å². The molecule has 6 nitrogen and oxygen atoms in total. The molecule has 0 aliphatic heterocycles. The monoisotopic (exact) mass is 343 g/mol. The number of para-hydroxylation sites is 1. The third-order valence-electron chi connectivity index (χ3n) is 3.34. The van der Waals surface area contributed by atoms with Gasteiger partial charge in [-0.05, 0) is 30.7 Å². The highest BCUT2D eigenvalue weighted by Crippen LogP contribution is 2.20. The van der Waals surface area contributed by atoms with Gasteiger partial charge in [0, 0.05) is 11.8 Å². The molecule has 128 valence electrons. The van der Waals surface area contributed by atoms with E-state index >= 15 is 0 Å². The van der Waals surface area contributed by atoms with Crippen LogP contribution in [0, 0.1) is 18.6 Å². The van der Waals surface area contributed by atoms with E-state index < -0.39 is 11.6 Å². The smallest absolute Gasteiger partial charge is 0.232 e. The van der Waals surface area contributed by atoms with E-state index in [9.17, 15) is 8.78 Å². The summed E-state index contributed by atoms with van der Waals surface area (Å²) in [6, 6.07) is 10.6. The van der Waals surface area contributed by atoms with Crippen molar-refractivity contribution in [2.24, 2.45) is 0 Å². The van der Waals surface area contributed by atoms with Crippen LogP contribution in [0.15, 0.2) is 42.5 Å². The molecule has 0 saturated heterocycles. The van der Waals surface area contributed by atoms with Gasteiger partial charge in [-0.25, -0.2) is 8.78 Å². The minimum absolute atomic E-state index is 0.00395. The Morgan fingerprint density at radius 2 is 1.88 bits per heavy atom. The van der Waals surface area contributed by atoms with Gasteiger partial charge in [-0.15, -0.1) is 0 Å². The first-order valence-electron chi connectivity index (χ1n) is 7.42. The van der Waals surface area contributed by atoms with Crippen LogP contribution in [0.25, 0.3) is 0 Å². The van der Waals surface area contributed by atoms with Crippen molar-refractivity contribution in [3.05, 3.63) is 65.5 Å². The van der Waals surface area contributed by atoms with Crippen LogP contribution in [0.2, 0.25) is 0 Å². The maximum atomic E-state index is 13.6. The van der Waals surface area contributed by atoms with Crippen molar-refractivity contribution in [3.8, 4) is 5.75 Å². The Labute approximate surface area is 142 Å². The predicted molar refractivity (Wildman–Crippen MR) is 89.4 cm³/mol. The molecule has 1 heterocycles. The van der Waals surface area contributed by atoms with Crippen LogP contribution in [-0.4, -0.2) is 15.0 Å². The second kappa shape index (κ2) is 7.08. The summed E-state index contributed by atoms with van der Waals surface area (Å²) in [6.45, 7) is 1.80.